The third kappa shape index (κ3) is 2.45. The summed E-state index contributed by atoms with van der Waals surface area (Å²) in [6.07, 6.45) is 1.04. The number of anilines is 1. The molecule has 2 unspecified atom stereocenters. The summed E-state index contributed by atoms with van der Waals surface area (Å²) in [6.45, 7) is 5.05. The number of aromatic nitrogens is 1. The lowest BCUT2D eigenvalue weighted by molar-refractivity contribution is 0.0738. The number of hydrazine groups is 1. The number of pyridine rings is 1. The first-order chi connectivity index (χ1) is 10.1. The van der Waals surface area contributed by atoms with Gasteiger partial charge in [-0.3, -0.25) is 4.79 Å². The van der Waals surface area contributed by atoms with Crippen molar-refractivity contribution in [3.63, 3.8) is 0 Å². The summed E-state index contributed by atoms with van der Waals surface area (Å²) in [5, 5.41) is 1.88. The molecule has 3 N–H and O–H groups in total. The quantitative estimate of drug-likeness (QED) is 0.656. The highest BCUT2D eigenvalue weighted by Gasteiger charge is 2.31. The summed E-state index contributed by atoms with van der Waals surface area (Å²) in [7, 11) is 0. The largest absolute Gasteiger partial charge is 0.334 e. The summed E-state index contributed by atoms with van der Waals surface area (Å²) in [6, 6.07) is 9.87. The Labute approximate surface area is 124 Å². The molecule has 1 saturated heterocycles. The van der Waals surface area contributed by atoms with Gasteiger partial charge in [-0.25, -0.2) is 10.8 Å². The Hall–Kier alpha value is -2.14. The van der Waals surface area contributed by atoms with Gasteiger partial charge in [0.05, 0.1) is 0 Å². The first kappa shape index (κ1) is 13.8. The number of carbonyl (C=O) groups excluding carboxylic acids is 1. The van der Waals surface area contributed by atoms with E-state index in [0.29, 0.717) is 17.4 Å². The van der Waals surface area contributed by atoms with Crippen molar-refractivity contribution in [1.82, 2.24) is 9.88 Å². The van der Waals surface area contributed by atoms with Gasteiger partial charge in [0.2, 0.25) is 0 Å². The zero-order valence-electron chi connectivity index (χ0n) is 12.3. The average Bonchev–Trinajstić information content (AvgIpc) is 2.84. The van der Waals surface area contributed by atoms with E-state index in [1.54, 1.807) is 0 Å². The lowest BCUT2D eigenvalue weighted by atomic mass is 10.1. The Balaban J connectivity index is 2.02. The molecule has 2 aromatic rings. The molecule has 1 aliphatic rings. The third-order valence-corrected chi connectivity index (χ3v) is 4.14. The molecule has 1 aromatic heterocycles. The fraction of sp³-hybridized carbons (Fsp3) is 0.375. The van der Waals surface area contributed by atoms with Crippen molar-refractivity contribution in [2.45, 2.75) is 26.3 Å². The summed E-state index contributed by atoms with van der Waals surface area (Å²) in [4.78, 5) is 19.0. The fourth-order valence-electron chi connectivity index (χ4n) is 3.15. The molecular weight excluding hydrogens is 264 g/mol. The number of fused-ring (bicyclic) bond motifs is 1. The van der Waals surface area contributed by atoms with Crippen LogP contribution in [0.4, 0.5) is 5.82 Å². The molecule has 110 valence electrons. The van der Waals surface area contributed by atoms with Crippen molar-refractivity contribution in [2.24, 2.45) is 11.8 Å². The van der Waals surface area contributed by atoms with E-state index < -0.39 is 0 Å². The van der Waals surface area contributed by atoms with Gasteiger partial charge in [0.1, 0.15) is 11.5 Å². The third-order valence-electron chi connectivity index (χ3n) is 4.14. The number of hydrogen-bond donors (Lipinski definition) is 2. The molecule has 5 nitrogen and oxygen atoms in total. The van der Waals surface area contributed by atoms with E-state index in [4.69, 9.17) is 5.84 Å². The minimum atomic E-state index is -0.0193. The molecule has 0 aliphatic carbocycles. The van der Waals surface area contributed by atoms with Crippen LogP contribution in [0, 0.1) is 5.92 Å². The molecule has 1 aromatic carbocycles. The molecule has 1 aliphatic heterocycles. The van der Waals surface area contributed by atoms with E-state index in [9.17, 15) is 4.79 Å². The van der Waals surface area contributed by atoms with Crippen LogP contribution in [0.1, 0.15) is 30.8 Å². The van der Waals surface area contributed by atoms with E-state index in [0.717, 1.165) is 23.7 Å². The number of nitrogens with one attached hydrogen (secondary N) is 1. The van der Waals surface area contributed by atoms with Gasteiger partial charge >= 0.3 is 0 Å². The van der Waals surface area contributed by atoms with Crippen molar-refractivity contribution < 1.29 is 4.79 Å². The normalized spacial score (nSPS) is 21.8. The van der Waals surface area contributed by atoms with Gasteiger partial charge in [-0.05, 0) is 30.7 Å². The van der Waals surface area contributed by atoms with Gasteiger partial charge in [-0.15, -0.1) is 0 Å². The predicted octanol–water partition coefficient (Wildman–Crippen LogP) is 2.39. The number of carbonyl (C=O) groups is 1. The van der Waals surface area contributed by atoms with Gasteiger partial charge in [-0.2, -0.15) is 0 Å². The van der Waals surface area contributed by atoms with Crippen LogP contribution in [0.25, 0.3) is 10.8 Å². The number of likely N-dealkylation sites (tertiary alicyclic amines) is 1. The lowest BCUT2D eigenvalue weighted by Gasteiger charge is -2.21. The monoisotopic (exact) mass is 284 g/mol. The minimum absolute atomic E-state index is 0.0193. The Kier molecular flexibility index (Phi) is 3.51. The van der Waals surface area contributed by atoms with Gasteiger partial charge < -0.3 is 10.3 Å². The van der Waals surface area contributed by atoms with Gasteiger partial charge in [-0.1, -0.05) is 31.2 Å². The van der Waals surface area contributed by atoms with Crippen molar-refractivity contribution >= 4 is 22.5 Å². The molecule has 0 spiro atoms. The van der Waals surface area contributed by atoms with Gasteiger partial charge in [0, 0.05) is 18.0 Å². The highest BCUT2D eigenvalue weighted by atomic mass is 16.2. The second-order valence-corrected chi connectivity index (χ2v) is 5.87. The molecule has 3 rings (SSSR count). The van der Waals surface area contributed by atoms with Crippen LogP contribution in [-0.4, -0.2) is 28.4 Å². The van der Waals surface area contributed by atoms with Crippen LogP contribution in [0.3, 0.4) is 0 Å². The Morgan fingerprint density at radius 2 is 2.14 bits per heavy atom. The van der Waals surface area contributed by atoms with E-state index >= 15 is 0 Å². The van der Waals surface area contributed by atoms with Crippen molar-refractivity contribution in [1.29, 1.82) is 0 Å². The average molecular weight is 284 g/mol. The lowest BCUT2D eigenvalue weighted by Crippen LogP contribution is -2.34. The first-order valence-electron chi connectivity index (χ1n) is 7.27. The van der Waals surface area contributed by atoms with E-state index in [-0.39, 0.29) is 11.9 Å². The summed E-state index contributed by atoms with van der Waals surface area (Å²) < 4.78 is 0. The number of hydrogen-bond acceptors (Lipinski definition) is 4. The van der Waals surface area contributed by atoms with Crippen molar-refractivity contribution in [3.05, 3.63) is 36.0 Å². The SMILES string of the molecule is CC1CC(C)N(C(=O)c2cc3ccccc3c(NN)n2)C1. The Morgan fingerprint density at radius 1 is 1.38 bits per heavy atom. The number of amides is 1. The Morgan fingerprint density at radius 3 is 2.81 bits per heavy atom. The predicted molar refractivity (Wildman–Crippen MR) is 83.8 cm³/mol. The molecule has 2 atom stereocenters. The summed E-state index contributed by atoms with van der Waals surface area (Å²) >= 11 is 0. The zero-order chi connectivity index (χ0) is 15.0. The number of nitrogens with zero attached hydrogens (tertiary/aromatic N) is 2. The molecule has 0 bridgehead atoms. The fourth-order valence-corrected chi connectivity index (χ4v) is 3.15. The second-order valence-electron chi connectivity index (χ2n) is 5.87. The van der Waals surface area contributed by atoms with Crippen LogP contribution in [0.2, 0.25) is 0 Å². The number of nitrogen functional groups attached to an aromatic ring is 1. The van der Waals surface area contributed by atoms with Crippen molar-refractivity contribution in [2.75, 3.05) is 12.0 Å². The molecule has 0 saturated carbocycles. The molecule has 21 heavy (non-hydrogen) atoms. The van der Waals surface area contributed by atoms with Crippen LogP contribution in [0.15, 0.2) is 30.3 Å². The molecule has 5 heteroatoms. The summed E-state index contributed by atoms with van der Waals surface area (Å²) in [5.41, 5.74) is 3.04. The van der Waals surface area contributed by atoms with Crippen molar-refractivity contribution in [3.8, 4) is 0 Å². The second kappa shape index (κ2) is 5.33. The number of benzene rings is 1. The Bertz CT molecular complexity index is 685. The summed E-state index contributed by atoms with van der Waals surface area (Å²) in [5.74, 6) is 6.61. The molecular formula is C16H20N4O. The number of nitrogens with two attached hydrogens (primary N) is 1. The van der Waals surface area contributed by atoms with Crippen LogP contribution >= 0.6 is 0 Å². The molecule has 1 amide bonds. The highest BCUT2D eigenvalue weighted by molar-refractivity contribution is 6.00. The molecule has 0 radical (unpaired) electrons. The topological polar surface area (TPSA) is 71.2 Å². The zero-order valence-corrected chi connectivity index (χ0v) is 12.3. The highest BCUT2D eigenvalue weighted by Crippen LogP contribution is 2.26. The molecule has 1 fully saturated rings. The first-order valence-corrected chi connectivity index (χ1v) is 7.27. The minimum Gasteiger partial charge on any atom is -0.334 e. The van der Waals surface area contributed by atoms with Gasteiger partial charge in [0.15, 0.2) is 0 Å². The maximum atomic E-state index is 12.7. The maximum Gasteiger partial charge on any atom is 0.272 e. The number of rotatable bonds is 2. The van der Waals surface area contributed by atoms with Crippen LogP contribution in [-0.2, 0) is 0 Å². The van der Waals surface area contributed by atoms with E-state index in [1.807, 2.05) is 35.2 Å². The maximum absolute atomic E-state index is 12.7. The van der Waals surface area contributed by atoms with Crippen LogP contribution in [0.5, 0.6) is 0 Å². The molecule has 2 heterocycles. The standard InChI is InChI=1S/C16H20N4O/c1-10-7-11(2)20(9-10)16(21)14-8-12-5-3-4-6-13(12)15(18-14)19-17/h3-6,8,10-11H,7,9,17H2,1-2H3,(H,18,19). The van der Waals surface area contributed by atoms with Gasteiger partial charge in [0.25, 0.3) is 5.91 Å². The van der Waals surface area contributed by atoms with E-state index in [2.05, 4.69) is 24.3 Å². The smallest absolute Gasteiger partial charge is 0.272 e. The van der Waals surface area contributed by atoms with Crippen LogP contribution < -0.4 is 11.3 Å². The van der Waals surface area contributed by atoms with E-state index in [1.165, 1.54) is 0 Å².